The van der Waals surface area contributed by atoms with E-state index in [2.05, 4.69) is 10.6 Å². The van der Waals surface area contributed by atoms with E-state index in [4.69, 9.17) is 9.47 Å². The zero-order valence-corrected chi connectivity index (χ0v) is 22.3. The number of nitrogens with zero attached hydrogens (tertiary/aromatic N) is 1. The van der Waals surface area contributed by atoms with Crippen LogP contribution < -0.4 is 25.0 Å². The summed E-state index contributed by atoms with van der Waals surface area (Å²) in [5, 5.41) is 5.56. The smallest absolute Gasteiger partial charge is 0.243 e. The molecule has 194 valence electrons. The van der Waals surface area contributed by atoms with Crippen LogP contribution in [0.3, 0.4) is 0 Å². The van der Waals surface area contributed by atoms with Gasteiger partial charge in [-0.05, 0) is 70.9 Å². The van der Waals surface area contributed by atoms with E-state index in [0.29, 0.717) is 22.9 Å². The molecule has 0 aliphatic carbocycles. The number of hydrogen-bond donors (Lipinski definition) is 2. The van der Waals surface area contributed by atoms with Crippen LogP contribution in [-0.2, 0) is 25.2 Å². The lowest BCUT2D eigenvalue weighted by Gasteiger charge is -2.32. The lowest BCUT2D eigenvalue weighted by molar-refractivity contribution is -0.126. The third-order valence-electron chi connectivity index (χ3n) is 5.39. The van der Waals surface area contributed by atoms with Gasteiger partial charge in [0.1, 0.15) is 17.5 Å². The van der Waals surface area contributed by atoms with Crippen LogP contribution in [0, 0.1) is 13.8 Å². The summed E-state index contributed by atoms with van der Waals surface area (Å²) in [5.74, 6) is -1.03. The molecule has 0 radical (unpaired) electrons. The van der Waals surface area contributed by atoms with Crippen LogP contribution in [0.4, 0.5) is 11.4 Å². The fourth-order valence-corrected chi connectivity index (χ4v) is 4.59. The molecule has 2 N–H and O–H groups in total. The molecule has 0 unspecified atom stereocenters. The summed E-state index contributed by atoms with van der Waals surface area (Å²) in [6.07, 6.45) is 0. The number of aryl methyl sites for hydroxylation is 2. The van der Waals surface area contributed by atoms with Gasteiger partial charge in [-0.25, -0.2) is 0 Å². The van der Waals surface area contributed by atoms with E-state index in [1.54, 1.807) is 25.1 Å². The molecule has 0 saturated carbocycles. The Morgan fingerprint density at radius 3 is 2.42 bits per heavy atom. The Kier molecular flexibility index (Phi) is 8.39. The average Bonchev–Trinajstić information content (AvgIpc) is 3.22. The Bertz CT molecular complexity index is 1190. The van der Waals surface area contributed by atoms with Gasteiger partial charge in [-0.2, -0.15) is 0 Å². The highest BCUT2D eigenvalue weighted by Gasteiger charge is 2.31. The maximum absolute atomic E-state index is 13.4. The van der Waals surface area contributed by atoms with Crippen LogP contribution in [0.1, 0.15) is 38.8 Å². The van der Waals surface area contributed by atoms with Crippen molar-refractivity contribution in [2.45, 2.75) is 53.1 Å². The highest BCUT2D eigenvalue weighted by atomic mass is 32.2. The number of anilines is 2. The fourth-order valence-electron chi connectivity index (χ4n) is 3.71. The fraction of sp³-hybridized carbons (Fsp3) is 0.423. The summed E-state index contributed by atoms with van der Waals surface area (Å²) >= 11 is 0. The summed E-state index contributed by atoms with van der Waals surface area (Å²) in [7, 11) is -1.80. The molecule has 2 aromatic carbocycles. The molecular formula is C26H33N3O6S. The molecule has 2 aromatic rings. The number of benzene rings is 2. The van der Waals surface area contributed by atoms with Crippen LogP contribution in [0.25, 0.3) is 0 Å². The van der Waals surface area contributed by atoms with Crippen LogP contribution in [0.15, 0.2) is 36.4 Å². The van der Waals surface area contributed by atoms with E-state index in [0.717, 1.165) is 11.1 Å². The molecule has 0 saturated heterocycles. The minimum atomic E-state index is -1.80. The molecule has 0 fully saturated rings. The minimum Gasteiger partial charge on any atom is -0.454 e. The van der Waals surface area contributed by atoms with Gasteiger partial charge in [0.25, 0.3) is 0 Å². The predicted octanol–water partition coefficient (Wildman–Crippen LogP) is 3.06. The largest absolute Gasteiger partial charge is 0.454 e. The van der Waals surface area contributed by atoms with Gasteiger partial charge in [0.2, 0.25) is 24.5 Å². The number of carbonyl (C=O) groups excluding carboxylic acids is 3. The molecule has 3 rings (SSSR count). The van der Waals surface area contributed by atoms with Crippen LogP contribution in [-0.4, -0.2) is 51.8 Å². The van der Waals surface area contributed by atoms with Crippen molar-refractivity contribution in [3.8, 4) is 11.5 Å². The van der Waals surface area contributed by atoms with Crippen molar-refractivity contribution in [3.05, 3.63) is 47.5 Å². The second-order valence-corrected chi connectivity index (χ2v) is 11.3. The molecule has 3 amide bonds. The van der Waals surface area contributed by atoms with Gasteiger partial charge < -0.3 is 20.1 Å². The first kappa shape index (κ1) is 27.2. The molecule has 10 heteroatoms. The monoisotopic (exact) mass is 515 g/mol. The number of carbonyl (C=O) groups is 3. The van der Waals surface area contributed by atoms with E-state index in [1.807, 2.05) is 52.8 Å². The first-order chi connectivity index (χ1) is 16.8. The Balaban J connectivity index is 1.72. The summed E-state index contributed by atoms with van der Waals surface area (Å²) in [6.45, 7) is 11.1. The van der Waals surface area contributed by atoms with Crippen LogP contribution >= 0.6 is 0 Å². The van der Waals surface area contributed by atoms with Gasteiger partial charge in [-0.3, -0.25) is 23.5 Å². The molecule has 1 aliphatic heterocycles. The third-order valence-corrected chi connectivity index (χ3v) is 6.54. The Labute approximate surface area is 214 Å². The quantitative estimate of drug-likeness (QED) is 0.559. The van der Waals surface area contributed by atoms with Gasteiger partial charge in [0.15, 0.2) is 11.5 Å². The number of rotatable bonds is 8. The van der Waals surface area contributed by atoms with Crippen LogP contribution in [0.2, 0.25) is 0 Å². The molecule has 1 aliphatic rings. The zero-order chi connectivity index (χ0) is 26.6. The number of hydrogen-bond acceptors (Lipinski definition) is 6. The van der Waals surface area contributed by atoms with Gasteiger partial charge in [-0.1, -0.05) is 12.1 Å². The van der Waals surface area contributed by atoms with Gasteiger partial charge in [0, 0.05) is 33.8 Å². The second kappa shape index (κ2) is 11.1. The second-order valence-electron chi connectivity index (χ2n) is 9.81. The Hall–Kier alpha value is -3.40. The number of fused-ring (bicyclic) bond motifs is 1. The molecule has 9 nitrogen and oxygen atoms in total. The lowest BCUT2D eigenvalue weighted by Crippen LogP contribution is -2.54. The predicted molar refractivity (Wildman–Crippen MR) is 140 cm³/mol. The molecule has 36 heavy (non-hydrogen) atoms. The topological polar surface area (TPSA) is 114 Å². The van der Waals surface area contributed by atoms with E-state index < -0.39 is 39.9 Å². The minimum absolute atomic E-state index is 0.113. The van der Waals surface area contributed by atoms with E-state index in [9.17, 15) is 18.6 Å². The highest BCUT2D eigenvalue weighted by molar-refractivity contribution is 7.86. The van der Waals surface area contributed by atoms with Crippen molar-refractivity contribution in [3.63, 3.8) is 0 Å². The van der Waals surface area contributed by atoms with E-state index in [-0.39, 0.29) is 18.5 Å². The Morgan fingerprint density at radius 2 is 1.72 bits per heavy atom. The number of amides is 3. The SMILES string of the molecule is Cc1ccc(C)c(N(C(=O)C[S@@](=O)CC(=O)Nc2ccc3c(c2)OCO3)[C@@H](C)C(=O)NC(C)(C)C)c1. The van der Waals surface area contributed by atoms with Crippen molar-refractivity contribution in [2.24, 2.45) is 0 Å². The van der Waals surface area contributed by atoms with Crippen molar-refractivity contribution in [1.82, 2.24) is 5.32 Å². The maximum Gasteiger partial charge on any atom is 0.243 e. The summed E-state index contributed by atoms with van der Waals surface area (Å²) in [6, 6.07) is 9.70. The molecule has 0 bridgehead atoms. The van der Waals surface area contributed by atoms with Crippen molar-refractivity contribution >= 4 is 39.9 Å². The lowest BCUT2D eigenvalue weighted by atomic mass is 10.1. The van der Waals surface area contributed by atoms with Gasteiger partial charge in [0.05, 0.1) is 0 Å². The number of nitrogens with one attached hydrogen (secondary N) is 2. The Morgan fingerprint density at radius 1 is 1.03 bits per heavy atom. The van der Waals surface area contributed by atoms with E-state index in [1.165, 1.54) is 4.90 Å². The van der Waals surface area contributed by atoms with Crippen molar-refractivity contribution < 1.29 is 28.1 Å². The maximum atomic E-state index is 13.4. The molecule has 2 atom stereocenters. The summed E-state index contributed by atoms with van der Waals surface area (Å²) < 4.78 is 23.4. The summed E-state index contributed by atoms with van der Waals surface area (Å²) in [4.78, 5) is 40.2. The van der Waals surface area contributed by atoms with Gasteiger partial charge in [-0.15, -0.1) is 0 Å². The highest BCUT2D eigenvalue weighted by Crippen LogP contribution is 2.34. The summed E-state index contributed by atoms with van der Waals surface area (Å²) in [5.41, 5.74) is 2.27. The van der Waals surface area contributed by atoms with Gasteiger partial charge >= 0.3 is 0 Å². The molecular weight excluding hydrogens is 482 g/mol. The van der Waals surface area contributed by atoms with Crippen molar-refractivity contribution in [2.75, 3.05) is 28.5 Å². The van der Waals surface area contributed by atoms with Crippen LogP contribution in [0.5, 0.6) is 11.5 Å². The number of ether oxygens (including phenoxy) is 2. The third kappa shape index (κ3) is 7.07. The van der Waals surface area contributed by atoms with Crippen molar-refractivity contribution in [1.29, 1.82) is 0 Å². The first-order valence-electron chi connectivity index (χ1n) is 11.6. The first-order valence-corrected chi connectivity index (χ1v) is 13.1. The normalized spacial score (nSPS) is 14.1. The average molecular weight is 516 g/mol. The molecule has 0 aromatic heterocycles. The molecule has 1 heterocycles. The zero-order valence-electron chi connectivity index (χ0n) is 21.5. The standard InChI is InChI=1S/C26H33N3O6S/c1-16-7-8-17(2)20(11-16)29(18(3)25(32)28-26(4,5)6)24(31)14-36(33)13-23(30)27-19-9-10-21-22(12-19)35-15-34-21/h7-12,18H,13-15H2,1-6H3,(H,27,30)(H,28,32)/t18-,36-/m0/s1. The van der Waals surface area contributed by atoms with E-state index >= 15 is 0 Å². The molecule has 0 spiro atoms.